The fraction of sp³-hybridized carbons (Fsp3) is 0.333. The molecule has 31 heavy (non-hydrogen) atoms. The highest BCUT2D eigenvalue weighted by atomic mass is 19.4. The Morgan fingerprint density at radius 2 is 1.87 bits per heavy atom. The third-order valence-electron chi connectivity index (χ3n) is 5.19. The molecule has 1 heterocycles. The summed E-state index contributed by atoms with van der Waals surface area (Å²) in [5.74, 6) is 0.394. The number of aromatic nitrogens is 4. The first kappa shape index (κ1) is 20.8. The highest BCUT2D eigenvalue weighted by molar-refractivity contribution is 5.98. The molecule has 1 fully saturated rings. The molecule has 0 unspecified atom stereocenters. The van der Waals surface area contributed by atoms with E-state index < -0.39 is 11.7 Å². The van der Waals surface area contributed by atoms with Gasteiger partial charge in [0.15, 0.2) is 0 Å². The molecule has 10 heteroatoms. The Balaban J connectivity index is 1.58. The van der Waals surface area contributed by atoms with Crippen LogP contribution in [0.15, 0.2) is 52.4 Å². The monoisotopic (exact) mass is 431 g/mol. The van der Waals surface area contributed by atoms with Crippen molar-refractivity contribution in [1.82, 2.24) is 19.8 Å². The zero-order chi connectivity index (χ0) is 22.2. The lowest BCUT2D eigenvalue weighted by atomic mass is 10.0. The van der Waals surface area contributed by atoms with E-state index in [2.05, 4.69) is 15.6 Å². The zero-order valence-electron chi connectivity index (χ0n) is 16.9. The van der Waals surface area contributed by atoms with E-state index in [1.54, 1.807) is 13.0 Å². The summed E-state index contributed by atoms with van der Waals surface area (Å²) in [5.41, 5.74) is 2.30. The molecule has 4 rings (SSSR count). The van der Waals surface area contributed by atoms with Crippen LogP contribution in [0.5, 0.6) is 0 Å². The first-order valence-corrected chi connectivity index (χ1v) is 9.71. The van der Waals surface area contributed by atoms with E-state index >= 15 is 0 Å². The molecule has 1 aliphatic rings. The Labute approximate surface area is 175 Å². The lowest BCUT2D eigenvalue weighted by Crippen LogP contribution is -2.23. The second kappa shape index (κ2) is 8.01. The van der Waals surface area contributed by atoms with Crippen molar-refractivity contribution in [2.45, 2.75) is 38.5 Å². The van der Waals surface area contributed by atoms with Crippen LogP contribution in [0.2, 0.25) is 0 Å². The molecule has 3 aromatic rings. The third-order valence-corrected chi connectivity index (χ3v) is 5.19. The van der Waals surface area contributed by atoms with E-state index in [9.17, 15) is 18.0 Å². The van der Waals surface area contributed by atoms with Crippen molar-refractivity contribution < 1.29 is 18.0 Å². The molecular weight excluding hydrogens is 411 g/mol. The summed E-state index contributed by atoms with van der Waals surface area (Å²) >= 11 is 0. The SMILES string of the molecule is CC(=NOCc1c(C2CC2)cccc1-n1nnn(C)c1=O)c1ccc(C(F)(F)F)cc1. The molecule has 0 amide bonds. The van der Waals surface area contributed by atoms with Crippen LogP contribution in [0.25, 0.3) is 5.69 Å². The second-order valence-electron chi connectivity index (χ2n) is 7.44. The van der Waals surface area contributed by atoms with E-state index in [4.69, 9.17) is 4.84 Å². The first-order chi connectivity index (χ1) is 14.8. The Hall–Kier alpha value is -3.43. The molecule has 0 aliphatic heterocycles. The van der Waals surface area contributed by atoms with Crippen LogP contribution in [-0.4, -0.2) is 25.5 Å². The molecule has 1 saturated carbocycles. The number of benzene rings is 2. The number of aryl methyl sites for hydroxylation is 1. The van der Waals surface area contributed by atoms with Crippen LogP contribution < -0.4 is 5.69 Å². The van der Waals surface area contributed by atoms with Crippen molar-refractivity contribution in [3.63, 3.8) is 0 Å². The minimum Gasteiger partial charge on any atom is -0.391 e. The van der Waals surface area contributed by atoms with E-state index in [-0.39, 0.29) is 12.3 Å². The third kappa shape index (κ3) is 4.37. The number of hydrogen-bond donors (Lipinski definition) is 0. The number of hydrogen-bond acceptors (Lipinski definition) is 5. The van der Waals surface area contributed by atoms with Gasteiger partial charge in [-0.25, -0.2) is 4.79 Å². The van der Waals surface area contributed by atoms with Crippen molar-refractivity contribution in [3.8, 4) is 5.69 Å². The van der Waals surface area contributed by atoms with Crippen molar-refractivity contribution in [1.29, 1.82) is 0 Å². The highest BCUT2D eigenvalue weighted by Gasteiger charge is 2.30. The minimum atomic E-state index is -4.39. The number of rotatable bonds is 6. The predicted octanol–water partition coefficient (Wildman–Crippen LogP) is 3.80. The molecule has 2 aromatic carbocycles. The largest absolute Gasteiger partial charge is 0.416 e. The fourth-order valence-corrected chi connectivity index (χ4v) is 3.34. The number of alkyl halides is 3. The summed E-state index contributed by atoms with van der Waals surface area (Å²) in [6.45, 7) is 1.74. The van der Waals surface area contributed by atoms with Crippen LogP contribution in [0.4, 0.5) is 13.2 Å². The van der Waals surface area contributed by atoms with Crippen LogP contribution in [-0.2, 0) is 24.7 Å². The van der Waals surface area contributed by atoms with Gasteiger partial charge in [0, 0.05) is 12.6 Å². The number of halogens is 3. The van der Waals surface area contributed by atoms with Crippen molar-refractivity contribution in [2.24, 2.45) is 12.2 Å². The Bertz CT molecular complexity index is 1170. The molecular formula is C21H20F3N5O2. The van der Waals surface area contributed by atoms with Crippen LogP contribution in [0.1, 0.15) is 47.9 Å². The van der Waals surface area contributed by atoms with Gasteiger partial charge in [0.05, 0.1) is 17.0 Å². The van der Waals surface area contributed by atoms with Crippen LogP contribution in [0, 0.1) is 0 Å². The predicted molar refractivity (Wildman–Crippen MR) is 107 cm³/mol. The Morgan fingerprint density at radius 1 is 1.16 bits per heavy atom. The topological polar surface area (TPSA) is 74.3 Å². The maximum absolute atomic E-state index is 12.7. The van der Waals surface area contributed by atoms with Gasteiger partial charge in [0.1, 0.15) is 6.61 Å². The molecule has 1 aliphatic carbocycles. The molecule has 0 saturated heterocycles. The molecule has 0 atom stereocenters. The Morgan fingerprint density at radius 3 is 2.45 bits per heavy atom. The summed E-state index contributed by atoms with van der Waals surface area (Å²) in [6, 6.07) is 10.4. The van der Waals surface area contributed by atoms with Gasteiger partial charge in [0.2, 0.25) is 0 Å². The van der Waals surface area contributed by atoms with E-state index in [0.717, 1.165) is 40.8 Å². The molecule has 162 valence electrons. The van der Waals surface area contributed by atoms with Gasteiger partial charge in [-0.2, -0.15) is 22.5 Å². The van der Waals surface area contributed by atoms with Gasteiger partial charge in [-0.15, -0.1) is 0 Å². The van der Waals surface area contributed by atoms with Crippen LogP contribution in [0.3, 0.4) is 0 Å². The summed E-state index contributed by atoms with van der Waals surface area (Å²) in [6.07, 6.45) is -2.28. The van der Waals surface area contributed by atoms with Gasteiger partial charge in [-0.05, 0) is 65.4 Å². The van der Waals surface area contributed by atoms with E-state index in [0.29, 0.717) is 22.9 Å². The number of nitrogens with zero attached hydrogens (tertiary/aromatic N) is 5. The van der Waals surface area contributed by atoms with E-state index in [1.165, 1.54) is 23.9 Å². The second-order valence-corrected chi connectivity index (χ2v) is 7.44. The first-order valence-electron chi connectivity index (χ1n) is 9.71. The summed E-state index contributed by atoms with van der Waals surface area (Å²) in [4.78, 5) is 17.9. The summed E-state index contributed by atoms with van der Waals surface area (Å²) < 4.78 is 40.6. The maximum Gasteiger partial charge on any atom is 0.416 e. The fourth-order valence-electron chi connectivity index (χ4n) is 3.34. The van der Waals surface area contributed by atoms with Gasteiger partial charge >= 0.3 is 11.9 Å². The molecule has 0 spiro atoms. The van der Waals surface area contributed by atoms with Crippen LogP contribution >= 0.6 is 0 Å². The molecule has 0 radical (unpaired) electrons. The smallest absolute Gasteiger partial charge is 0.391 e. The minimum absolute atomic E-state index is 0.0863. The van der Waals surface area contributed by atoms with E-state index in [1.807, 2.05) is 12.1 Å². The van der Waals surface area contributed by atoms with Crippen molar-refractivity contribution >= 4 is 5.71 Å². The van der Waals surface area contributed by atoms with Gasteiger partial charge in [0.25, 0.3) is 0 Å². The molecule has 7 nitrogen and oxygen atoms in total. The van der Waals surface area contributed by atoms with Crippen molar-refractivity contribution in [3.05, 3.63) is 75.2 Å². The summed E-state index contributed by atoms with van der Waals surface area (Å²) in [5, 5.41) is 11.8. The average Bonchev–Trinajstić information content (AvgIpc) is 3.53. The lowest BCUT2D eigenvalue weighted by Gasteiger charge is -2.13. The lowest BCUT2D eigenvalue weighted by molar-refractivity contribution is -0.137. The normalized spacial score (nSPS) is 14.7. The maximum atomic E-state index is 12.7. The number of tetrazole rings is 1. The average molecular weight is 431 g/mol. The van der Waals surface area contributed by atoms with Crippen molar-refractivity contribution in [2.75, 3.05) is 0 Å². The Kier molecular flexibility index (Phi) is 5.38. The zero-order valence-corrected chi connectivity index (χ0v) is 16.9. The molecule has 0 bridgehead atoms. The van der Waals surface area contributed by atoms with Gasteiger partial charge < -0.3 is 4.84 Å². The highest BCUT2D eigenvalue weighted by Crippen LogP contribution is 2.43. The van der Waals surface area contributed by atoms with Gasteiger partial charge in [-0.1, -0.05) is 29.4 Å². The summed E-state index contributed by atoms with van der Waals surface area (Å²) in [7, 11) is 1.52. The molecule has 1 aromatic heterocycles. The quantitative estimate of drug-likeness (QED) is 0.440. The number of oxime groups is 1. The standard InChI is InChI=1S/C21H20F3N5O2/c1-13(14-8-10-16(11-9-14)21(22,23)24)25-31-12-18-17(15-6-7-15)4-3-5-19(18)29-20(30)28(2)26-27-29/h3-5,8-11,15H,6-7,12H2,1-2H3. The molecule has 0 N–H and O–H groups in total. The van der Waals surface area contributed by atoms with Gasteiger partial charge in [-0.3, -0.25) is 0 Å².